The molecule has 5 heteroatoms. The lowest BCUT2D eigenvalue weighted by molar-refractivity contribution is -0.116. The summed E-state index contributed by atoms with van der Waals surface area (Å²) in [4.78, 5) is 12.2. The molecule has 1 heterocycles. The fraction of sp³-hybridized carbons (Fsp3) is 0.286. The lowest BCUT2D eigenvalue weighted by atomic mass is 9.86. The number of hydrogen-bond donors (Lipinski definition) is 1. The van der Waals surface area contributed by atoms with Gasteiger partial charge < -0.3 is 5.32 Å². The Labute approximate surface area is 158 Å². The Balaban J connectivity index is 1.52. The summed E-state index contributed by atoms with van der Waals surface area (Å²) in [6, 6.07) is 16.2. The van der Waals surface area contributed by atoms with Gasteiger partial charge in [-0.25, -0.2) is 0 Å². The molecule has 0 aliphatic heterocycles. The van der Waals surface area contributed by atoms with Gasteiger partial charge >= 0.3 is 0 Å². The van der Waals surface area contributed by atoms with E-state index in [4.69, 9.17) is 0 Å². The van der Waals surface area contributed by atoms with E-state index in [-0.39, 0.29) is 11.3 Å². The maximum Gasteiger partial charge on any atom is 0.224 e. The van der Waals surface area contributed by atoms with Gasteiger partial charge in [-0.2, -0.15) is 0 Å². The zero-order valence-electron chi connectivity index (χ0n) is 15.3. The van der Waals surface area contributed by atoms with Gasteiger partial charge in [-0.05, 0) is 46.6 Å². The molecule has 2 aromatic carbocycles. The van der Waals surface area contributed by atoms with E-state index in [0.717, 1.165) is 23.4 Å². The van der Waals surface area contributed by atoms with Crippen LogP contribution in [0, 0.1) is 0 Å². The molecule has 1 aromatic heterocycles. The Bertz CT molecular complexity index is 848. The molecule has 0 aliphatic rings. The summed E-state index contributed by atoms with van der Waals surface area (Å²) in [6.07, 6.45) is 1.20. The monoisotopic (exact) mass is 365 g/mol. The number of rotatable bonds is 5. The SMILES string of the molecule is CC(C)(C)c1ccc(CCC(=O)Nc2ccc(-c3csnn3)cc2)cc1. The molecule has 3 aromatic rings. The van der Waals surface area contributed by atoms with Crippen LogP contribution in [-0.2, 0) is 16.6 Å². The molecule has 0 saturated heterocycles. The predicted octanol–water partition coefficient (Wildman–Crippen LogP) is 5.07. The third-order valence-corrected chi connectivity index (χ3v) is 4.79. The summed E-state index contributed by atoms with van der Waals surface area (Å²) in [5, 5.41) is 8.89. The first-order valence-electron chi connectivity index (χ1n) is 8.68. The number of aryl methyl sites for hydroxylation is 1. The van der Waals surface area contributed by atoms with Gasteiger partial charge in [-0.1, -0.05) is 61.7 Å². The van der Waals surface area contributed by atoms with Gasteiger partial charge in [0.1, 0.15) is 5.69 Å². The normalized spacial score (nSPS) is 11.3. The highest BCUT2D eigenvalue weighted by Crippen LogP contribution is 2.23. The number of carbonyl (C=O) groups is 1. The third kappa shape index (κ3) is 4.76. The molecule has 0 radical (unpaired) electrons. The zero-order chi connectivity index (χ0) is 18.6. The van der Waals surface area contributed by atoms with E-state index in [1.165, 1.54) is 22.7 Å². The Morgan fingerprint density at radius 2 is 1.73 bits per heavy atom. The van der Waals surface area contributed by atoms with Crippen molar-refractivity contribution in [1.29, 1.82) is 0 Å². The molecule has 134 valence electrons. The number of benzene rings is 2. The molecule has 1 amide bonds. The van der Waals surface area contributed by atoms with Crippen LogP contribution < -0.4 is 5.32 Å². The highest BCUT2D eigenvalue weighted by atomic mass is 32.1. The average Bonchev–Trinajstić information content (AvgIpc) is 3.15. The number of amides is 1. The highest BCUT2D eigenvalue weighted by molar-refractivity contribution is 7.03. The number of hydrogen-bond acceptors (Lipinski definition) is 4. The lowest BCUT2D eigenvalue weighted by Crippen LogP contribution is -2.13. The fourth-order valence-electron chi connectivity index (χ4n) is 2.67. The van der Waals surface area contributed by atoms with Crippen LogP contribution in [-0.4, -0.2) is 15.5 Å². The number of nitrogens with zero attached hydrogens (tertiary/aromatic N) is 2. The van der Waals surface area contributed by atoms with Crippen molar-refractivity contribution in [3.05, 3.63) is 65.0 Å². The van der Waals surface area contributed by atoms with Crippen molar-refractivity contribution < 1.29 is 4.79 Å². The van der Waals surface area contributed by atoms with Crippen molar-refractivity contribution in [2.24, 2.45) is 0 Å². The van der Waals surface area contributed by atoms with E-state index in [0.29, 0.717) is 6.42 Å². The first-order valence-corrected chi connectivity index (χ1v) is 9.52. The number of anilines is 1. The van der Waals surface area contributed by atoms with Gasteiger partial charge in [0, 0.05) is 23.1 Å². The molecular weight excluding hydrogens is 342 g/mol. The summed E-state index contributed by atoms with van der Waals surface area (Å²) >= 11 is 1.32. The lowest BCUT2D eigenvalue weighted by Gasteiger charge is -2.19. The molecular formula is C21H23N3OS. The largest absolute Gasteiger partial charge is 0.326 e. The molecule has 1 N–H and O–H groups in total. The minimum atomic E-state index is 0.0213. The fourth-order valence-corrected chi connectivity index (χ4v) is 3.13. The van der Waals surface area contributed by atoms with Crippen molar-refractivity contribution in [3.8, 4) is 11.3 Å². The van der Waals surface area contributed by atoms with E-state index in [1.54, 1.807) is 0 Å². The summed E-state index contributed by atoms with van der Waals surface area (Å²) in [5.74, 6) is 0.0213. The maximum atomic E-state index is 12.2. The summed E-state index contributed by atoms with van der Waals surface area (Å²) < 4.78 is 3.86. The van der Waals surface area contributed by atoms with Gasteiger partial charge in [-0.3, -0.25) is 4.79 Å². The van der Waals surface area contributed by atoms with E-state index in [1.807, 2.05) is 29.6 Å². The second-order valence-electron chi connectivity index (χ2n) is 7.36. The van der Waals surface area contributed by atoms with E-state index >= 15 is 0 Å². The number of carbonyl (C=O) groups excluding carboxylic acids is 1. The van der Waals surface area contributed by atoms with Crippen LogP contribution in [0.2, 0.25) is 0 Å². The molecule has 26 heavy (non-hydrogen) atoms. The van der Waals surface area contributed by atoms with Gasteiger partial charge in [-0.15, -0.1) is 5.10 Å². The smallest absolute Gasteiger partial charge is 0.224 e. The number of nitrogens with one attached hydrogen (secondary N) is 1. The van der Waals surface area contributed by atoms with Crippen molar-refractivity contribution in [3.63, 3.8) is 0 Å². The minimum Gasteiger partial charge on any atom is -0.326 e. The summed E-state index contributed by atoms with van der Waals surface area (Å²) in [5.41, 5.74) is 5.28. The minimum absolute atomic E-state index is 0.0213. The molecule has 3 rings (SSSR count). The van der Waals surface area contributed by atoms with E-state index < -0.39 is 0 Å². The van der Waals surface area contributed by atoms with Gasteiger partial charge in [0.15, 0.2) is 0 Å². The first kappa shape index (κ1) is 18.3. The molecule has 0 spiro atoms. The van der Waals surface area contributed by atoms with Crippen LogP contribution in [0.1, 0.15) is 38.3 Å². The van der Waals surface area contributed by atoms with Gasteiger partial charge in [0.25, 0.3) is 0 Å². The van der Waals surface area contributed by atoms with Crippen LogP contribution in [0.25, 0.3) is 11.3 Å². The standard InChI is InChI=1S/C21H23N3OS/c1-21(2,3)17-9-4-15(5-10-17)6-13-20(25)22-18-11-7-16(8-12-18)19-14-26-24-23-19/h4-5,7-12,14H,6,13H2,1-3H3,(H,22,25). The van der Waals surface area contributed by atoms with Crippen molar-refractivity contribution in [1.82, 2.24) is 9.59 Å². The highest BCUT2D eigenvalue weighted by Gasteiger charge is 2.13. The van der Waals surface area contributed by atoms with Crippen LogP contribution in [0.3, 0.4) is 0 Å². The second-order valence-corrected chi connectivity index (χ2v) is 7.97. The second kappa shape index (κ2) is 7.79. The van der Waals surface area contributed by atoms with Gasteiger partial charge in [0.2, 0.25) is 5.91 Å². The van der Waals surface area contributed by atoms with Crippen molar-refractivity contribution in [2.45, 2.75) is 39.0 Å². The molecule has 0 unspecified atom stereocenters. The van der Waals surface area contributed by atoms with Crippen molar-refractivity contribution in [2.75, 3.05) is 5.32 Å². The van der Waals surface area contributed by atoms with Crippen molar-refractivity contribution >= 4 is 23.1 Å². The van der Waals surface area contributed by atoms with E-state index in [9.17, 15) is 4.79 Å². The predicted molar refractivity (Wildman–Crippen MR) is 107 cm³/mol. The number of aromatic nitrogens is 2. The average molecular weight is 366 g/mol. The quantitative estimate of drug-likeness (QED) is 0.686. The van der Waals surface area contributed by atoms with Gasteiger partial charge in [0.05, 0.1) is 0 Å². The molecule has 0 fully saturated rings. The molecule has 0 saturated carbocycles. The van der Waals surface area contributed by atoms with Crippen LogP contribution in [0.4, 0.5) is 5.69 Å². The Hall–Kier alpha value is -2.53. The van der Waals surface area contributed by atoms with Crippen LogP contribution in [0.5, 0.6) is 0 Å². The zero-order valence-corrected chi connectivity index (χ0v) is 16.1. The molecule has 0 bridgehead atoms. The third-order valence-electron chi connectivity index (χ3n) is 4.29. The molecule has 0 aliphatic carbocycles. The topological polar surface area (TPSA) is 54.9 Å². The summed E-state index contributed by atoms with van der Waals surface area (Å²) in [7, 11) is 0. The van der Waals surface area contributed by atoms with Crippen LogP contribution in [0.15, 0.2) is 53.9 Å². The molecule has 0 atom stereocenters. The Kier molecular flexibility index (Phi) is 5.47. The van der Waals surface area contributed by atoms with Crippen LogP contribution >= 0.6 is 11.5 Å². The van der Waals surface area contributed by atoms with E-state index in [2.05, 4.69) is 59.9 Å². The Morgan fingerprint density at radius 3 is 2.31 bits per heavy atom. The summed E-state index contributed by atoms with van der Waals surface area (Å²) in [6.45, 7) is 6.60. The Morgan fingerprint density at radius 1 is 1.04 bits per heavy atom. The first-order chi connectivity index (χ1) is 12.4. The maximum absolute atomic E-state index is 12.2. The molecule has 4 nitrogen and oxygen atoms in total.